The molecule has 0 aliphatic carbocycles. The lowest BCUT2D eigenvalue weighted by Gasteiger charge is -2.05. The zero-order valence-electron chi connectivity index (χ0n) is 9.46. The monoisotopic (exact) mass is 241 g/mol. The van der Waals surface area contributed by atoms with Gasteiger partial charge in [0.1, 0.15) is 6.33 Å². The van der Waals surface area contributed by atoms with Crippen molar-refractivity contribution < 1.29 is 5.11 Å². The Kier molecular flexibility index (Phi) is 2.53. The van der Waals surface area contributed by atoms with E-state index in [1.807, 2.05) is 30.3 Å². The Hall–Kier alpha value is -2.63. The van der Waals surface area contributed by atoms with E-state index in [0.29, 0.717) is 23.5 Å². The maximum Gasteiger partial charge on any atom is 0.293 e. The molecule has 1 aromatic carbocycles. The molecule has 0 atom stereocenters. The van der Waals surface area contributed by atoms with E-state index in [0.717, 1.165) is 5.56 Å². The molecule has 3 rings (SSSR count). The second kappa shape index (κ2) is 4.33. The van der Waals surface area contributed by atoms with Crippen molar-refractivity contribution in [3.63, 3.8) is 0 Å². The molecular weight excluding hydrogens is 230 g/mol. The van der Waals surface area contributed by atoms with E-state index in [1.54, 1.807) is 0 Å². The number of imidazole rings is 1. The van der Waals surface area contributed by atoms with Gasteiger partial charge in [-0.05, 0) is 5.56 Å². The van der Waals surface area contributed by atoms with Crippen LogP contribution in [-0.2, 0) is 6.54 Å². The van der Waals surface area contributed by atoms with E-state index in [-0.39, 0.29) is 6.01 Å². The van der Waals surface area contributed by atoms with Gasteiger partial charge >= 0.3 is 0 Å². The van der Waals surface area contributed by atoms with Gasteiger partial charge in [-0.1, -0.05) is 30.3 Å². The van der Waals surface area contributed by atoms with Crippen molar-refractivity contribution in [2.24, 2.45) is 0 Å². The van der Waals surface area contributed by atoms with E-state index in [2.05, 4.69) is 25.3 Å². The lowest BCUT2D eigenvalue weighted by Crippen LogP contribution is -2.02. The van der Waals surface area contributed by atoms with Crippen LogP contribution in [0.25, 0.3) is 11.2 Å². The maximum absolute atomic E-state index is 9.30. The summed E-state index contributed by atoms with van der Waals surface area (Å²) in [5.41, 5.74) is 2.19. The van der Waals surface area contributed by atoms with Crippen LogP contribution in [0.2, 0.25) is 0 Å². The molecule has 3 N–H and O–H groups in total. The zero-order valence-corrected chi connectivity index (χ0v) is 9.46. The van der Waals surface area contributed by atoms with Gasteiger partial charge in [-0.25, -0.2) is 9.97 Å². The first-order chi connectivity index (χ1) is 8.83. The Morgan fingerprint density at radius 3 is 2.83 bits per heavy atom. The second-order valence-corrected chi connectivity index (χ2v) is 3.82. The number of fused-ring (bicyclic) bond motifs is 1. The third kappa shape index (κ3) is 1.95. The molecule has 0 unspecified atom stereocenters. The molecule has 0 amide bonds. The molecule has 6 heteroatoms. The van der Waals surface area contributed by atoms with Crippen LogP contribution in [0, 0.1) is 0 Å². The number of rotatable bonds is 3. The minimum Gasteiger partial charge on any atom is -0.480 e. The third-order valence-corrected chi connectivity index (χ3v) is 2.57. The SMILES string of the molecule is Oc1nc2c(NCc3ccccc3)ncnc2[nH]1. The number of aromatic amines is 1. The summed E-state index contributed by atoms with van der Waals surface area (Å²) in [5, 5.41) is 12.5. The van der Waals surface area contributed by atoms with Crippen molar-refractivity contribution >= 4 is 17.0 Å². The Morgan fingerprint density at radius 1 is 1.17 bits per heavy atom. The van der Waals surface area contributed by atoms with E-state index in [4.69, 9.17) is 0 Å². The summed E-state index contributed by atoms with van der Waals surface area (Å²) in [4.78, 5) is 14.7. The number of hydrogen-bond acceptors (Lipinski definition) is 5. The van der Waals surface area contributed by atoms with Gasteiger partial charge in [0, 0.05) is 6.54 Å². The molecule has 18 heavy (non-hydrogen) atoms. The van der Waals surface area contributed by atoms with Gasteiger partial charge < -0.3 is 10.4 Å². The first-order valence-electron chi connectivity index (χ1n) is 5.50. The number of H-pyrrole nitrogens is 1. The number of hydrogen-bond donors (Lipinski definition) is 3. The van der Waals surface area contributed by atoms with Crippen LogP contribution in [0.5, 0.6) is 6.01 Å². The smallest absolute Gasteiger partial charge is 0.293 e. The summed E-state index contributed by atoms with van der Waals surface area (Å²) in [6.45, 7) is 0.639. The molecule has 0 fully saturated rings. The maximum atomic E-state index is 9.30. The highest BCUT2D eigenvalue weighted by Gasteiger charge is 2.08. The van der Waals surface area contributed by atoms with E-state index in [9.17, 15) is 5.11 Å². The predicted molar refractivity (Wildman–Crippen MR) is 67.1 cm³/mol. The van der Waals surface area contributed by atoms with Gasteiger partial charge in [0.25, 0.3) is 6.01 Å². The highest BCUT2D eigenvalue weighted by molar-refractivity contribution is 5.82. The zero-order chi connectivity index (χ0) is 12.4. The van der Waals surface area contributed by atoms with Gasteiger partial charge in [-0.15, -0.1) is 0 Å². The molecule has 0 saturated carbocycles. The average Bonchev–Trinajstić information content (AvgIpc) is 2.78. The van der Waals surface area contributed by atoms with Crippen molar-refractivity contribution in [1.29, 1.82) is 0 Å². The summed E-state index contributed by atoms with van der Waals surface area (Å²) in [7, 11) is 0. The number of anilines is 1. The van der Waals surface area contributed by atoms with Crippen molar-refractivity contribution in [2.75, 3.05) is 5.32 Å². The standard InChI is InChI=1S/C12H11N5O/c18-12-16-9-10(14-7-15-11(9)17-12)13-6-8-4-2-1-3-5-8/h1-5,7H,6H2,(H3,13,14,15,16,17,18). The van der Waals surface area contributed by atoms with E-state index >= 15 is 0 Å². The van der Waals surface area contributed by atoms with Crippen LogP contribution in [-0.4, -0.2) is 25.0 Å². The first kappa shape index (κ1) is 10.5. The summed E-state index contributed by atoms with van der Waals surface area (Å²) >= 11 is 0. The minimum atomic E-state index is -0.159. The lowest BCUT2D eigenvalue weighted by atomic mass is 10.2. The van der Waals surface area contributed by atoms with Crippen molar-refractivity contribution in [3.8, 4) is 6.01 Å². The molecule has 0 aliphatic heterocycles. The van der Waals surface area contributed by atoms with Crippen molar-refractivity contribution in [3.05, 3.63) is 42.2 Å². The van der Waals surface area contributed by atoms with Gasteiger partial charge in [0.2, 0.25) is 0 Å². The fourth-order valence-corrected chi connectivity index (χ4v) is 1.73. The molecule has 0 aliphatic rings. The number of benzene rings is 1. The molecule has 6 nitrogen and oxygen atoms in total. The predicted octanol–water partition coefficient (Wildman–Crippen LogP) is 1.67. The Morgan fingerprint density at radius 2 is 2.00 bits per heavy atom. The van der Waals surface area contributed by atoms with Crippen LogP contribution < -0.4 is 5.32 Å². The number of nitrogens with one attached hydrogen (secondary N) is 2. The van der Waals surface area contributed by atoms with E-state index in [1.165, 1.54) is 6.33 Å². The fourth-order valence-electron chi connectivity index (χ4n) is 1.73. The molecule has 2 heterocycles. The Bertz CT molecular complexity index is 665. The number of nitrogens with zero attached hydrogens (tertiary/aromatic N) is 3. The lowest BCUT2D eigenvalue weighted by molar-refractivity contribution is 0.438. The van der Waals surface area contributed by atoms with Crippen LogP contribution in [0.1, 0.15) is 5.56 Å². The number of aromatic nitrogens is 4. The molecule has 0 radical (unpaired) electrons. The summed E-state index contributed by atoms with van der Waals surface area (Å²) < 4.78 is 0. The van der Waals surface area contributed by atoms with Crippen LogP contribution >= 0.6 is 0 Å². The molecule has 0 saturated heterocycles. The molecular formula is C12H11N5O. The van der Waals surface area contributed by atoms with Gasteiger partial charge in [-0.2, -0.15) is 4.98 Å². The largest absolute Gasteiger partial charge is 0.480 e. The van der Waals surface area contributed by atoms with Gasteiger partial charge in [0.05, 0.1) is 0 Å². The fraction of sp³-hybridized carbons (Fsp3) is 0.0833. The third-order valence-electron chi connectivity index (χ3n) is 2.57. The first-order valence-corrected chi connectivity index (χ1v) is 5.50. The molecule has 3 aromatic rings. The van der Waals surface area contributed by atoms with Gasteiger partial charge in [-0.3, -0.25) is 4.98 Å². The van der Waals surface area contributed by atoms with Crippen LogP contribution in [0.15, 0.2) is 36.7 Å². The van der Waals surface area contributed by atoms with Crippen molar-refractivity contribution in [1.82, 2.24) is 19.9 Å². The highest BCUT2D eigenvalue weighted by atomic mass is 16.3. The van der Waals surface area contributed by atoms with Gasteiger partial charge in [0.15, 0.2) is 17.0 Å². The van der Waals surface area contributed by atoms with E-state index < -0.39 is 0 Å². The quantitative estimate of drug-likeness (QED) is 0.649. The molecule has 90 valence electrons. The topological polar surface area (TPSA) is 86.7 Å². The number of aromatic hydroxyl groups is 1. The van der Waals surface area contributed by atoms with Crippen molar-refractivity contribution in [2.45, 2.75) is 6.54 Å². The summed E-state index contributed by atoms with van der Waals surface area (Å²) in [6.07, 6.45) is 1.42. The Labute approximate surface area is 103 Å². The molecule has 0 spiro atoms. The molecule has 0 bridgehead atoms. The normalized spacial score (nSPS) is 10.7. The Balaban J connectivity index is 1.86. The minimum absolute atomic E-state index is 0.159. The van der Waals surface area contributed by atoms with Crippen LogP contribution in [0.4, 0.5) is 5.82 Å². The second-order valence-electron chi connectivity index (χ2n) is 3.82. The average molecular weight is 241 g/mol. The molecule has 2 aromatic heterocycles. The highest BCUT2D eigenvalue weighted by Crippen LogP contribution is 2.19. The van der Waals surface area contributed by atoms with Crippen LogP contribution in [0.3, 0.4) is 0 Å². The summed E-state index contributed by atoms with van der Waals surface area (Å²) in [5.74, 6) is 0.598. The summed E-state index contributed by atoms with van der Waals surface area (Å²) in [6, 6.07) is 9.81.